The molecule has 0 radical (unpaired) electrons. The van der Waals surface area contributed by atoms with Gasteiger partial charge >= 0.3 is 11.9 Å². The highest BCUT2D eigenvalue weighted by atomic mass is 16.5. The van der Waals surface area contributed by atoms with Crippen molar-refractivity contribution >= 4 is 17.8 Å². The molecule has 0 spiro atoms. The highest BCUT2D eigenvalue weighted by Crippen LogP contribution is 2.13. The van der Waals surface area contributed by atoms with E-state index >= 15 is 0 Å². The molecule has 0 aromatic heterocycles. The number of hydrogen-bond acceptors (Lipinski definition) is 7. The van der Waals surface area contributed by atoms with E-state index in [9.17, 15) is 24.6 Å². The lowest BCUT2D eigenvalue weighted by Crippen LogP contribution is -2.49. The maximum atomic E-state index is 13.3. The van der Waals surface area contributed by atoms with Gasteiger partial charge < -0.3 is 29.1 Å². The molecule has 0 bridgehead atoms. The highest BCUT2D eigenvalue weighted by Gasteiger charge is 2.22. The number of ether oxygens (including phenoxy) is 2. The molecular formula is C49H93N2O7+. The molecule has 0 rings (SSSR count). The summed E-state index contributed by atoms with van der Waals surface area (Å²) < 4.78 is 11.5. The van der Waals surface area contributed by atoms with Crippen molar-refractivity contribution in [2.45, 2.75) is 206 Å². The molecule has 0 saturated carbocycles. The van der Waals surface area contributed by atoms with Crippen LogP contribution in [0.1, 0.15) is 206 Å². The Balaban J connectivity index is 4.40. The van der Waals surface area contributed by atoms with Crippen LogP contribution in [0.2, 0.25) is 0 Å². The van der Waals surface area contributed by atoms with Crippen molar-refractivity contribution in [3.63, 3.8) is 0 Å². The number of carbonyl (C=O) groups excluding carboxylic acids is 3. The summed E-state index contributed by atoms with van der Waals surface area (Å²) in [5, 5.41) is 19.0. The van der Waals surface area contributed by atoms with Gasteiger partial charge in [-0.1, -0.05) is 141 Å². The monoisotopic (exact) mass is 822 g/mol. The van der Waals surface area contributed by atoms with E-state index in [1.54, 1.807) is 4.90 Å². The third-order valence-corrected chi connectivity index (χ3v) is 11.3. The smallest absolute Gasteiger partial charge is 0.305 e. The zero-order valence-corrected chi connectivity index (χ0v) is 38.2. The van der Waals surface area contributed by atoms with Gasteiger partial charge in [-0.3, -0.25) is 14.4 Å². The standard InChI is InChI=1S/C49H93N2O7/c1-4-6-8-10-12-14-16-18-20-22-24-26-28-30-32-36-48(55)57-45-38-50(47(54)35-34-40-51(3,41-43-52)42-44-53)39-46-58-49(56)37-33-31-29-27-25-23-21-19-17-15-13-11-9-7-5-2/h18-21,52-53H,4-17,22-46H2,1-3H3/q+1. The summed E-state index contributed by atoms with van der Waals surface area (Å²) in [5.74, 6) is -0.559. The maximum absolute atomic E-state index is 13.3. The summed E-state index contributed by atoms with van der Waals surface area (Å²) in [6.45, 7) is 6.94. The number of likely N-dealkylation sites (N-methyl/N-ethyl adjacent to an activating group) is 1. The Bertz CT molecular complexity index is 938. The van der Waals surface area contributed by atoms with E-state index in [-0.39, 0.29) is 63.8 Å². The van der Waals surface area contributed by atoms with Crippen LogP contribution in [0.15, 0.2) is 24.3 Å². The normalized spacial score (nSPS) is 11.9. The van der Waals surface area contributed by atoms with Crippen molar-refractivity contribution in [2.75, 3.05) is 66.2 Å². The highest BCUT2D eigenvalue weighted by molar-refractivity contribution is 5.76. The van der Waals surface area contributed by atoms with Gasteiger partial charge in [-0.25, -0.2) is 0 Å². The van der Waals surface area contributed by atoms with Crippen LogP contribution in [0.5, 0.6) is 0 Å². The number of amides is 1. The molecular weight excluding hydrogens is 729 g/mol. The van der Waals surface area contributed by atoms with E-state index in [4.69, 9.17) is 9.47 Å². The molecule has 0 fully saturated rings. The van der Waals surface area contributed by atoms with E-state index < -0.39 is 0 Å². The Kier molecular flexibility index (Phi) is 41.2. The molecule has 0 saturated heterocycles. The van der Waals surface area contributed by atoms with Crippen LogP contribution in [0.4, 0.5) is 0 Å². The van der Waals surface area contributed by atoms with Crippen LogP contribution in [0, 0.1) is 0 Å². The van der Waals surface area contributed by atoms with Gasteiger partial charge in [0.1, 0.15) is 26.3 Å². The van der Waals surface area contributed by atoms with Crippen molar-refractivity contribution in [3.05, 3.63) is 24.3 Å². The number of hydrogen-bond donors (Lipinski definition) is 2. The topological polar surface area (TPSA) is 113 Å². The molecule has 2 N–H and O–H groups in total. The minimum absolute atomic E-state index is 0.0152. The third kappa shape index (κ3) is 38.0. The fourth-order valence-electron chi connectivity index (χ4n) is 7.31. The quantitative estimate of drug-likeness (QED) is 0.0272. The maximum Gasteiger partial charge on any atom is 0.305 e. The van der Waals surface area contributed by atoms with Crippen LogP contribution in [0.3, 0.4) is 0 Å². The number of aliphatic hydroxyl groups excluding tert-OH is 2. The van der Waals surface area contributed by atoms with Crippen molar-refractivity contribution in [3.8, 4) is 0 Å². The average Bonchev–Trinajstić information content (AvgIpc) is 3.20. The van der Waals surface area contributed by atoms with Gasteiger partial charge in [0.2, 0.25) is 5.91 Å². The molecule has 0 aliphatic heterocycles. The summed E-state index contributed by atoms with van der Waals surface area (Å²) in [6.07, 6.45) is 42.3. The molecule has 0 aromatic carbocycles. The number of allylic oxidation sites excluding steroid dienone is 4. The first kappa shape index (κ1) is 55.8. The fourth-order valence-corrected chi connectivity index (χ4v) is 7.31. The zero-order valence-electron chi connectivity index (χ0n) is 38.2. The predicted molar refractivity (Wildman–Crippen MR) is 242 cm³/mol. The minimum Gasteiger partial charge on any atom is -0.464 e. The van der Waals surface area contributed by atoms with E-state index in [1.807, 2.05) is 7.05 Å². The predicted octanol–water partition coefficient (Wildman–Crippen LogP) is 11.2. The van der Waals surface area contributed by atoms with Gasteiger partial charge in [0.05, 0.1) is 39.9 Å². The van der Waals surface area contributed by atoms with E-state index in [1.165, 1.54) is 116 Å². The van der Waals surface area contributed by atoms with Crippen LogP contribution in [-0.2, 0) is 23.9 Å². The molecule has 340 valence electrons. The van der Waals surface area contributed by atoms with Crippen molar-refractivity contribution < 1.29 is 38.6 Å². The number of nitrogens with zero attached hydrogens (tertiary/aromatic N) is 2. The number of carbonyl (C=O) groups is 3. The van der Waals surface area contributed by atoms with Crippen LogP contribution in [0.25, 0.3) is 0 Å². The van der Waals surface area contributed by atoms with Crippen molar-refractivity contribution in [1.82, 2.24) is 4.90 Å². The molecule has 0 unspecified atom stereocenters. The van der Waals surface area contributed by atoms with Crippen LogP contribution in [-0.4, -0.2) is 104 Å². The molecule has 0 aliphatic carbocycles. The fraction of sp³-hybridized carbons (Fsp3) is 0.857. The SMILES string of the molecule is CCCCCCCCC=CCCCCCCCC(=O)OCCN(CCOC(=O)CCCCCCCC=CCCCCCCCC)C(=O)CCC[N+](C)(CCO)CCO. The molecule has 0 aromatic rings. The third-order valence-electron chi connectivity index (χ3n) is 11.3. The van der Waals surface area contributed by atoms with Gasteiger partial charge in [0.15, 0.2) is 0 Å². The second-order valence-corrected chi connectivity index (χ2v) is 16.8. The van der Waals surface area contributed by atoms with Crippen LogP contribution < -0.4 is 0 Å². The summed E-state index contributed by atoms with van der Waals surface area (Å²) in [5.41, 5.74) is 0. The summed E-state index contributed by atoms with van der Waals surface area (Å²) >= 11 is 0. The average molecular weight is 822 g/mol. The Morgan fingerprint density at radius 1 is 0.466 bits per heavy atom. The van der Waals surface area contributed by atoms with Crippen molar-refractivity contribution in [1.29, 1.82) is 0 Å². The largest absolute Gasteiger partial charge is 0.464 e. The first-order valence-electron chi connectivity index (χ1n) is 24.3. The molecule has 9 nitrogen and oxygen atoms in total. The Morgan fingerprint density at radius 3 is 1.17 bits per heavy atom. The van der Waals surface area contributed by atoms with Gasteiger partial charge in [0.25, 0.3) is 0 Å². The first-order valence-corrected chi connectivity index (χ1v) is 24.3. The lowest BCUT2D eigenvalue weighted by molar-refractivity contribution is -0.910. The van der Waals surface area contributed by atoms with Crippen molar-refractivity contribution in [2.24, 2.45) is 0 Å². The van der Waals surface area contributed by atoms with E-state index in [2.05, 4.69) is 38.2 Å². The number of rotatable bonds is 44. The molecule has 0 heterocycles. The summed E-state index contributed by atoms with van der Waals surface area (Å²) in [4.78, 5) is 39.9. The number of quaternary nitrogens is 1. The Morgan fingerprint density at radius 2 is 0.810 bits per heavy atom. The van der Waals surface area contributed by atoms with Gasteiger partial charge in [-0.15, -0.1) is 0 Å². The second-order valence-electron chi connectivity index (χ2n) is 16.8. The molecule has 1 amide bonds. The second kappa shape index (κ2) is 42.9. The Hall–Kier alpha value is -2.23. The minimum atomic E-state index is -0.238. The zero-order chi connectivity index (χ0) is 42.6. The Labute approximate surface area is 357 Å². The van der Waals surface area contributed by atoms with Crippen LogP contribution >= 0.6 is 0 Å². The molecule has 0 aliphatic rings. The number of aliphatic hydroxyl groups is 2. The molecule has 58 heavy (non-hydrogen) atoms. The summed E-state index contributed by atoms with van der Waals surface area (Å²) in [7, 11) is 1.97. The molecule has 0 atom stereocenters. The lowest BCUT2D eigenvalue weighted by atomic mass is 10.1. The van der Waals surface area contributed by atoms with E-state index in [0.717, 1.165) is 51.4 Å². The van der Waals surface area contributed by atoms with Gasteiger partial charge in [0, 0.05) is 25.7 Å². The number of esters is 2. The number of unbranched alkanes of at least 4 members (excludes halogenated alkanes) is 22. The summed E-state index contributed by atoms with van der Waals surface area (Å²) in [6, 6.07) is 0. The van der Waals surface area contributed by atoms with Gasteiger partial charge in [-0.2, -0.15) is 0 Å². The molecule has 9 heteroatoms. The van der Waals surface area contributed by atoms with Gasteiger partial charge in [-0.05, 0) is 64.2 Å². The first-order chi connectivity index (χ1) is 28.3. The lowest BCUT2D eigenvalue weighted by Gasteiger charge is -2.33. The van der Waals surface area contributed by atoms with E-state index in [0.29, 0.717) is 43.4 Å².